The predicted octanol–water partition coefficient (Wildman–Crippen LogP) is 1.96. The van der Waals surface area contributed by atoms with Crippen LogP contribution in [0.1, 0.15) is 20.3 Å². The second-order valence-corrected chi connectivity index (χ2v) is 6.29. The summed E-state index contributed by atoms with van der Waals surface area (Å²) in [6, 6.07) is 3.62. The molecule has 0 heterocycles. The van der Waals surface area contributed by atoms with Gasteiger partial charge in [0.1, 0.15) is 4.90 Å². The fourth-order valence-electron chi connectivity index (χ4n) is 1.54. The number of nitro groups is 1. The van der Waals surface area contributed by atoms with Crippen molar-refractivity contribution in [2.75, 3.05) is 18.9 Å². The maximum Gasteiger partial charge on any atom is 0.271 e. The van der Waals surface area contributed by atoms with Crippen molar-refractivity contribution in [3.63, 3.8) is 0 Å². The fourth-order valence-corrected chi connectivity index (χ4v) is 2.89. The van der Waals surface area contributed by atoms with Crippen LogP contribution in [0.3, 0.4) is 0 Å². The van der Waals surface area contributed by atoms with Gasteiger partial charge in [-0.15, -0.1) is 0 Å². The second-order valence-electron chi connectivity index (χ2n) is 4.55. The molecule has 0 saturated heterocycles. The third-order valence-corrected chi connectivity index (χ3v) is 4.53. The molecule has 0 aliphatic carbocycles. The average Bonchev–Trinajstić information content (AvgIpc) is 2.43. The SMILES string of the molecule is CCC(C)CNS(=O)(=O)c1ccc([N+](=O)[O-])cc1NC. The zero-order valence-electron chi connectivity index (χ0n) is 11.7. The first-order valence-corrected chi connectivity index (χ1v) is 7.76. The molecule has 8 heteroatoms. The summed E-state index contributed by atoms with van der Waals surface area (Å²) in [6.07, 6.45) is 0.863. The molecule has 0 radical (unpaired) electrons. The molecule has 1 aromatic carbocycles. The van der Waals surface area contributed by atoms with Crippen molar-refractivity contribution >= 4 is 21.4 Å². The molecule has 0 amide bonds. The fraction of sp³-hybridized carbons (Fsp3) is 0.500. The molecule has 0 aliphatic heterocycles. The van der Waals surface area contributed by atoms with Crippen molar-refractivity contribution in [3.05, 3.63) is 28.3 Å². The highest BCUT2D eigenvalue weighted by molar-refractivity contribution is 7.89. The summed E-state index contributed by atoms with van der Waals surface area (Å²) in [6.45, 7) is 4.25. The maximum absolute atomic E-state index is 12.2. The molecule has 112 valence electrons. The van der Waals surface area contributed by atoms with Crippen LogP contribution in [0, 0.1) is 16.0 Å². The van der Waals surface area contributed by atoms with Gasteiger partial charge in [0.2, 0.25) is 10.0 Å². The highest BCUT2D eigenvalue weighted by Crippen LogP contribution is 2.26. The summed E-state index contributed by atoms with van der Waals surface area (Å²) in [5.41, 5.74) is 0.0473. The number of anilines is 1. The van der Waals surface area contributed by atoms with Crippen LogP contribution in [0.2, 0.25) is 0 Å². The van der Waals surface area contributed by atoms with Crippen molar-refractivity contribution in [1.29, 1.82) is 0 Å². The standard InChI is InChI=1S/C12H19N3O4S/c1-4-9(2)8-14-20(18,19)12-6-5-10(15(16)17)7-11(12)13-3/h5-7,9,13-14H,4,8H2,1-3H3. The number of rotatable bonds is 7. The van der Waals surface area contributed by atoms with Gasteiger partial charge in [-0.2, -0.15) is 0 Å². The first kappa shape index (κ1) is 16.4. The Kier molecular flexibility index (Phi) is 5.46. The van der Waals surface area contributed by atoms with Gasteiger partial charge in [-0.3, -0.25) is 10.1 Å². The van der Waals surface area contributed by atoms with E-state index in [0.29, 0.717) is 6.54 Å². The lowest BCUT2D eigenvalue weighted by atomic mass is 10.1. The number of nitro benzene ring substituents is 1. The molecule has 1 aromatic rings. The third kappa shape index (κ3) is 3.91. The zero-order valence-corrected chi connectivity index (χ0v) is 12.5. The summed E-state index contributed by atoms with van der Waals surface area (Å²) in [4.78, 5) is 10.1. The molecule has 0 fully saturated rings. The lowest BCUT2D eigenvalue weighted by Gasteiger charge is -2.13. The third-order valence-electron chi connectivity index (χ3n) is 3.05. The molecule has 0 aliphatic rings. The van der Waals surface area contributed by atoms with Crippen LogP contribution in [0.25, 0.3) is 0 Å². The van der Waals surface area contributed by atoms with E-state index in [1.54, 1.807) is 0 Å². The molecular formula is C12H19N3O4S. The number of nitrogens with zero attached hydrogens (tertiary/aromatic N) is 1. The Bertz CT molecular complexity index is 586. The van der Waals surface area contributed by atoms with Crippen molar-refractivity contribution in [2.24, 2.45) is 5.92 Å². The summed E-state index contributed by atoms with van der Waals surface area (Å²) in [7, 11) is -2.17. The molecule has 0 spiro atoms. The van der Waals surface area contributed by atoms with Gasteiger partial charge < -0.3 is 5.32 Å². The molecule has 0 bridgehead atoms. The van der Waals surface area contributed by atoms with Gasteiger partial charge in [-0.25, -0.2) is 13.1 Å². The van der Waals surface area contributed by atoms with Gasteiger partial charge in [-0.05, 0) is 12.0 Å². The van der Waals surface area contributed by atoms with E-state index in [-0.39, 0.29) is 22.2 Å². The molecule has 0 saturated carbocycles. The number of hydrogen-bond donors (Lipinski definition) is 2. The van der Waals surface area contributed by atoms with Crippen molar-refractivity contribution < 1.29 is 13.3 Å². The molecule has 1 atom stereocenters. The van der Waals surface area contributed by atoms with E-state index in [9.17, 15) is 18.5 Å². The van der Waals surface area contributed by atoms with E-state index in [2.05, 4.69) is 10.0 Å². The average molecular weight is 301 g/mol. The predicted molar refractivity (Wildman–Crippen MR) is 77.3 cm³/mol. The van der Waals surface area contributed by atoms with Gasteiger partial charge in [0.05, 0.1) is 10.6 Å². The van der Waals surface area contributed by atoms with Crippen LogP contribution < -0.4 is 10.0 Å². The van der Waals surface area contributed by atoms with E-state index in [0.717, 1.165) is 6.42 Å². The number of sulfonamides is 1. The Labute approximate surface area is 118 Å². The van der Waals surface area contributed by atoms with E-state index >= 15 is 0 Å². The van der Waals surface area contributed by atoms with Crippen molar-refractivity contribution in [2.45, 2.75) is 25.2 Å². The van der Waals surface area contributed by atoms with Gasteiger partial charge in [0, 0.05) is 25.7 Å². The Morgan fingerprint density at radius 2 is 2.05 bits per heavy atom. The van der Waals surface area contributed by atoms with Crippen LogP contribution in [0.5, 0.6) is 0 Å². The lowest BCUT2D eigenvalue weighted by molar-refractivity contribution is -0.384. The Morgan fingerprint density at radius 1 is 1.40 bits per heavy atom. The van der Waals surface area contributed by atoms with E-state index in [1.807, 2.05) is 13.8 Å². The van der Waals surface area contributed by atoms with Crippen LogP contribution >= 0.6 is 0 Å². The molecule has 1 rings (SSSR count). The summed E-state index contributed by atoms with van der Waals surface area (Å²) >= 11 is 0. The quantitative estimate of drug-likeness (QED) is 0.592. The van der Waals surface area contributed by atoms with Gasteiger partial charge in [0.15, 0.2) is 0 Å². The molecular weight excluding hydrogens is 282 g/mol. The zero-order chi connectivity index (χ0) is 15.3. The van der Waals surface area contributed by atoms with Crippen LogP contribution in [-0.4, -0.2) is 26.9 Å². The van der Waals surface area contributed by atoms with Gasteiger partial charge in [0.25, 0.3) is 5.69 Å². The molecule has 7 nitrogen and oxygen atoms in total. The number of non-ortho nitro benzene ring substituents is 1. The maximum atomic E-state index is 12.2. The van der Waals surface area contributed by atoms with Crippen LogP contribution in [-0.2, 0) is 10.0 Å². The van der Waals surface area contributed by atoms with E-state index in [1.165, 1.54) is 25.2 Å². The highest BCUT2D eigenvalue weighted by atomic mass is 32.2. The van der Waals surface area contributed by atoms with Crippen molar-refractivity contribution in [1.82, 2.24) is 4.72 Å². The Balaban J connectivity index is 3.08. The topological polar surface area (TPSA) is 101 Å². The summed E-state index contributed by atoms with van der Waals surface area (Å²) in [5, 5.41) is 13.4. The normalized spacial score (nSPS) is 12.9. The van der Waals surface area contributed by atoms with Gasteiger partial charge in [-0.1, -0.05) is 20.3 Å². The summed E-state index contributed by atoms with van der Waals surface area (Å²) in [5.74, 6) is 0.223. The van der Waals surface area contributed by atoms with Gasteiger partial charge >= 0.3 is 0 Å². The monoisotopic (exact) mass is 301 g/mol. The van der Waals surface area contributed by atoms with Crippen LogP contribution in [0.4, 0.5) is 11.4 Å². The van der Waals surface area contributed by atoms with E-state index < -0.39 is 14.9 Å². The smallest absolute Gasteiger partial charge is 0.271 e. The first-order chi connectivity index (χ1) is 9.31. The Hall–Kier alpha value is -1.67. The summed E-state index contributed by atoms with van der Waals surface area (Å²) < 4.78 is 26.9. The minimum Gasteiger partial charge on any atom is -0.387 e. The minimum absolute atomic E-state index is 0.00824. The number of benzene rings is 1. The number of nitrogens with one attached hydrogen (secondary N) is 2. The van der Waals surface area contributed by atoms with E-state index in [4.69, 9.17) is 0 Å². The molecule has 20 heavy (non-hydrogen) atoms. The molecule has 2 N–H and O–H groups in total. The number of hydrogen-bond acceptors (Lipinski definition) is 5. The highest BCUT2D eigenvalue weighted by Gasteiger charge is 2.21. The van der Waals surface area contributed by atoms with Crippen LogP contribution in [0.15, 0.2) is 23.1 Å². The first-order valence-electron chi connectivity index (χ1n) is 6.27. The largest absolute Gasteiger partial charge is 0.387 e. The Morgan fingerprint density at radius 3 is 2.55 bits per heavy atom. The minimum atomic E-state index is -3.69. The molecule has 1 unspecified atom stereocenters. The van der Waals surface area contributed by atoms with Crippen molar-refractivity contribution in [3.8, 4) is 0 Å². The molecule has 0 aromatic heterocycles. The lowest BCUT2D eigenvalue weighted by Crippen LogP contribution is -2.28. The second kappa shape index (κ2) is 6.67.